The van der Waals surface area contributed by atoms with Gasteiger partial charge in [0.2, 0.25) is 0 Å². The average Bonchev–Trinajstić information content (AvgIpc) is 3.01. The van der Waals surface area contributed by atoms with Crippen LogP contribution in [-0.2, 0) is 16.6 Å². The second kappa shape index (κ2) is 7.33. The van der Waals surface area contributed by atoms with Crippen LogP contribution in [0.5, 0.6) is 0 Å². The Bertz CT molecular complexity index is 792. The first kappa shape index (κ1) is 17.1. The number of hydrogen-bond donors (Lipinski definition) is 1. The van der Waals surface area contributed by atoms with Crippen molar-refractivity contribution in [2.24, 2.45) is 0 Å². The number of aromatic nitrogens is 2. The van der Waals surface area contributed by atoms with Crippen molar-refractivity contribution in [2.75, 3.05) is 4.72 Å². The molecule has 0 unspecified atom stereocenters. The highest BCUT2D eigenvalue weighted by atomic mass is 35.5. The van der Waals surface area contributed by atoms with Gasteiger partial charge in [0.05, 0.1) is 22.3 Å². The third-order valence-corrected chi connectivity index (χ3v) is 5.86. The van der Waals surface area contributed by atoms with E-state index in [1.54, 1.807) is 10.9 Å². The van der Waals surface area contributed by atoms with Gasteiger partial charge >= 0.3 is 0 Å². The van der Waals surface area contributed by atoms with Crippen LogP contribution in [0, 0.1) is 11.3 Å². The van der Waals surface area contributed by atoms with Crippen LogP contribution in [0.3, 0.4) is 0 Å². The first-order chi connectivity index (χ1) is 10.4. The number of unbranched alkanes of at least 4 members (excludes halogenated alkanes) is 2. The molecule has 0 fully saturated rings. The van der Waals surface area contributed by atoms with Crippen molar-refractivity contribution in [3.63, 3.8) is 0 Å². The van der Waals surface area contributed by atoms with Crippen LogP contribution in [0.25, 0.3) is 0 Å². The fourth-order valence-corrected chi connectivity index (χ4v) is 4.91. The van der Waals surface area contributed by atoms with Crippen LogP contribution in [0.15, 0.2) is 23.4 Å². The van der Waals surface area contributed by atoms with Crippen LogP contribution in [-0.4, -0.2) is 18.2 Å². The SMILES string of the molecule is N#CCCCCn1cc(NS(=O)(=O)c2cc(Cl)sc2Cl)cn1. The van der Waals surface area contributed by atoms with Crippen LogP contribution in [0.4, 0.5) is 5.69 Å². The average molecular weight is 379 g/mol. The van der Waals surface area contributed by atoms with Gasteiger partial charge in [-0.05, 0) is 18.9 Å². The number of rotatable bonds is 7. The number of sulfonamides is 1. The highest BCUT2D eigenvalue weighted by Gasteiger charge is 2.21. The van der Waals surface area contributed by atoms with Crippen molar-refractivity contribution >= 4 is 50.2 Å². The zero-order valence-electron chi connectivity index (χ0n) is 11.3. The van der Waals surface area contributed by atoms with Gasteiger partial charge in [0.1, 0.15) is 9.23 Å². The summed E-state index contributed by atoms with van der Waals surface area (Å²) in [4.78, 5) is -0.0501. The summed E-state index contributed by atoms with van der Waals surface area (Å²) in [5.74, 6) is 0. The molecule has 0 spiro atoms. The molecule has 0 aliphatic heterocycles. The van der Waals surface area contributed by atoms with E-state index in [2.05, 4.69) is 15.9 Å². The number of hydrogen-bond acceptors (Lipinski definition) is 5. The summed E-state index contributed by atoms with van der Waals surface area (Å²) >= 11 is 12.6. The number of thiophene rings is 1. The fraction of sp³-hybridized carbons (Fsp3) is 0.333. The van der Waals surface area contributed by atoms with Crippen molar-refractivity contribution in [1.29, 1.82) is 5.26 Å². The Balaban J connectivity index is 2.03. The van der Waals surface area contributed by atoms with Gasteiger partial charge in [-0.15, -0.1) is 11.3 Å². The molecule has 22 heavy (non-hydrogen) atoms. The van der Waals surface area contributed by atoms with Gasteiger partial charge in [-0.2, -0.15) is 10.4 Å². The summed E-state index contributed by atoms with van der Waals surface area (Å²) in [5, 5.41) is 12.5. The molecule has 10 heteroatoms. The first-order valence-corrected chi connectivity index (χ1v) is 9.35. The standard InChI is InChI=1S/C12H12Cl2N4O2S2/c13-11-6-10(12(14)21-11)22(19,20)17-9-7-16-18(8-9)5-3-1-2-4-15/h6-8,17H,1-3,5H2. The van der Waals surface area contributed by atoms with Crippen molar-refractivity contribution < 1.29 is 8.42 Å². The minimum Gasteiger partial charge on any atom is -0.276 e. The summed E-state index contributed by atoms with van der Waals surface area (Å²) in [6.07, 6.45) is 5.08. The molecule has 0 bridgehead atoms. The third-order valence-electron chi connectivity index (χ3n) is 2.73. The molecule has 1 N–H and O–H groups in total. The van der Waals surface area contributed by atoms with Gasteiger partial charge in [0.25, 0.3) is 10.0 Å². The predicted molar refractivity (Wildman–Crippen MR) is 86.8 cm³/mol. The Morgan fingerprint density at radius 3 is 2.82 bits per heavy atom. The Morgan fingerprint density at radius 2 is 2.18 bits per heavy atom. The Morgan fingerprint density at radius 1 is 1.41 bits per heavy atom. The smallest absolute Gasteiger partial charge is 0.264 e. The van der Waals surface area contributed by atoms with Crippen LogP contribution in [0.2, 0.25) is 8.67 Å². The lowest BCUT2D eigenvalue weighted by atomic mass is 10.2. The van der Waals surface area contributed by atoms with Crippen molar-refractivity contribution in [3.8, 4) is 6.07 Å². The van der Waals surface area contributed by atoms with Crippen molar-refractivity contribution in [1.82, 2.24) is 9.78 Å². The topological polar surface area (TPSA) is 87.8 Å². The summed E-state index contributed by atoms with van der Waals surface area (Å²) in [6, 6.07) is 3.38. The molecule has 6 nitrogen and oxygen atoms in total. The summed E-state index contributed by atoms with van der Waals surface area (Å²) in [6.45, 7) is 0.619. The van der Waals surface area contributed by atoms with E-state index in [1.807, 2.05) is 0 Å². The summed E-state index contributed by atoms with van der Waals surface area (Å²) in [7, 11) is -3.79. The molecule has 0 atom stereocenters. The number of aryl methyl sites for hydroxylation is 1. The molecule has 2 rings (SSSR count). The maximum Gasteiger partial charge on any atom is 0.264 e. The number of halogens is 2. The highest BCUT2D eigenvalue weighted by Crippen LogP contribution is 2.35. The van der Waals surface area contributed by atoms with E-state index >= 15 is 0 Å². The molecule has 0 aliphatic rings. The molecule has 2 aromatic heterocycles. The molecule has 2 heterocycles. The van der Waals surface area contributed by atoms with E-state index in [9.17, 15) is 8.42 Å². The van der Waals surface area contributed by atoms with Crippen molar-refractivity contribution in [2.45, 2.75) is 30.7 Å². The normalized spacial score (nSPS) is 11.3. The fourth-order valence-electron chi connectivity index (χ4n) is 1.73. The highest BCUT2D eigenvalue weighted by molar-refractivity contribution is 7.93. The Hall–Kier alpha value is -1.27. The molecular formula is C12H12Cl2N4O2S2. The molecule has 2 aromatic rings. The molecule has 118 valence electrons. The maximum absolute atomic E-state index is 12.2. The molecule has 0 saturated heterocycles. The van der Waals surface area contributed by atoms with Gasteiger partial charge in [0.15, 0.2) is 0 Å². The van der Waals surface area contributed by atoms with E-state index in [0.717, 1.165) is 24.2 Å². The third kappa shape index (κ3) is 4.36. The maximum atomic E-state index is 12.2. The van der Waals surface area contributed by atoms with Gasteiger partial charge in [-0.25, -0.2) is 8.42 Å². The van der Waals surface area contributed by atoms with Crippen LogP contribution in [0.1, 0.15) is 19.3 Å². The van der Waals surface area contributed by atoms with Crippen LogP contribution >= 0.6 is 34.5 Å². The minimum absolute atomic E-state index is 0.0501. The monoisotopic (exact) mass is 378 g/mol. The number of nitrogens with one attached hydrogen (secondary N) is 1. The summed E-state index contributed by atoms with van der Waals surface area (Å²) < 4.78 is 28.9. The van der Waals surface area contributed by atoms with E-state index in [4.69, 9.17) is 28.5 Å². The number of nitrogens with zero attached hydrogens (tertiary/aromatic N) is 3. The minimum atomic E-state index is -3.79. The van der Waals surface area contributed by atoms with E-state index in [0.29, 0.717) is 23.0 Å². The quantitative estimate of drug-likeness (QED) is 0.743. The van der Waals surface area contributed by atoms with Gasteiger partial charge < -0.3 is 0 Å². The van der Waals surface area contributed by atoms with E-state index in [1.165, 1.54) is 12.3 Å². The van der Waals surface area contributed by atoms with Crippen molar-refractivity contribution in [3.05, 3.63) is 27.1 Å². The first-order valence-electron chi connectivity index (χ1n) is 6.29. The summed E-state index contributed by atoms with van der Waals surface area (Å²) in [5.41, 5.74) is 0.346. The van der Waals surface area contributed by atoms with Gasteiger partial charge in [-0.3, -0.25) is 9.40 Å². The largest absolute Gasteiger partial charge is 0.276 e. The molecule has 0 amide bonds. The Kier molecular flexibility index (Phi) is 5.69. The Labute approximate surface area is 142 Å². The zero-order valence-corrected chi connectivity index (χ0v) is 14.4. The van der Waals surface area contributed by atoms with Gasteiger partial charge in [0, 0.05) is 19.2 Å². The van der Waals surface area contributed by atoms with E-state index in [-0.39, 0.29) is 9.23 Å². The molecule has 0 saturated carbocycles. The number of nitriles is 1. The predicted octanol–water partition coefficient (Wildman–Crippen LogP) is 3.75. The number of anilines is 1. The van der Waals surface area contributed by atoms with E-state index < -0.39 is 10.0 Å². The van der Waals surface area contributed by atoms with Crippen LogP contribution < -0.4 is 4.72 Å². The second-order valence-electron chi connectivity index (χ2n) is 4.40. The lowest BCUT2D eigenvalue weighted by Crippen LogP contribution is -2.12. The lowest BCUT2D eigenvalue weighted by Gasteiger charge is -2.04. The van der Waals surface area contributed by atoms with Gasteiger partial charge in [-0.1, -0.05) is 23.2 Å². The molecule has 0 radical (unpaired) electrons. The second-order valence-corrected chi connectivity index (χ2v) is 8.34. The lowest BCUT2D eigenvalue weighted by molar-refractivity contribution is 0.562. The zero-order chi connectivity index (χ0) is 16.2. The molecular weight excluding hydrogens is 367 g/mol. The molecule has 0 aromatic carbocycles. The molecule has 0 aliphatic carbocycles.